The fourth-order valence-corrected chi connectivity index (χ4v) is 3.25. The van der Waals surface area contributed by atoms with Gasteiger partial charge in [0, 0.05) is 38.3 Å². The highest BCUT2D eigenvalue weighted by Crippen LogP contribution is 2.30. The van der Waals surface area contributed by atoms with Crippen molar-refractivity contribution in [1.29, 1.82) is 0 Å². The van der Waals surface area contributed by atoms with E-state index in [1.807, 2.05) is 12.4 Å². The zero-order valence-corrected chi connectivity index (χ0v) is 14.4. The highest BCUT2D eigenvalue weighted by Gasteiger charge is 2.27. The molecule has 1 amide bonds. The number of amides is 1. The number of piperidine rings is 1. The molecule has 3 heterocycles. The number of pyridine rings is 1. The lowest BCUT2D eigenvalue weighted by atomic mass is 9.95. The first-order valence-electron chi connectivity index (χ1n) is 8.43. The molecule has 0 aromatic carbocycles. The van der Waals surface area contributed by atoms with Crippen LogP contribution in [-0.2, 0) is 0 Å². The second kappa shape index (κ2) is 6.98. The summed E-state index contributed by atoms with van der Waals surface area (Å²) in [5.41, 5.74) is 0.629. The zero-order chi connectivity index (χ0) is 17.1. The Morgan fingerprint density at radius 2 is 2.08 bits per heavy atom. The van der Waals surface area contributed by atoms with Gasteiger partial charge in [-0.25, -0.2) is 4.98 Å². The third-order valence-corrected chi connectivity index (χ3v) is 4.58. The van der Waals surface area contributed by atoms with Crippen molar-refractivity contribution in [3.05, 3.63) is 36.0 Å². The lowest BCUT2D eigenvalue weighted by Crippen LogP contribution is -2.36. The Hall–Kier alpha value is -2.44. The lowest BCUT2D eigenvalue weighted by Gasteiger charge is -2.33. The standard InChI is InChI=1S/C17H24N6O/c1-12(2)23-11-20-21-15(23)13-6-9-22(10-7-13)16-14(17(24)18-3)5-4-8-19-16/h4-5,8,11-13H,6-7,9-10H2,1-3H3,(H,18,24). The number of hydrogen-bond acceptors (Lipinski definition) is 5. The fraction of sp³-hybridized carbons (Fsp3) is 0.529. The number of rotatable bonds is 4. The molecule has 2 aromatic rings. The number of nitrogens with one attached hydrogen (secondary N) is 1. The fourth-order valence-electron chi connectivity index (χ4n) is 3.25. The second-order valence-electron chi connectivity index (χ2n) is 6.41. The van der Waals surface area contributed by atoms with Crippen LogP contribution in [0.5, 0.6) is 0 Å². The van der Waals surface area contributed by atoms with Crippen molar-refractivity contribution in [2.75, 3.05) is 25.0 Å². The maximum Gasteiger partial charge on any atom is 0.254 e. The van der Waals surface area contributed by atoms with Crippen molar-refractivity contribution in [1.82, 2.24) is 25.1 Å². The number of hydrogen-bond donors (Lipinski definition) is 1. The van der Waals surface area contributed by atoms with E-state index in [0.717, 1.165) is 37.6 Å². The molecule has 0 saturated carbocycles. The molecule has 0 atom stereocenters. The van der Waals surface area contributed by atoms with Crippen molar-refractivity contribution < 1.29 is 4.79 Å². The number of carbonyl (C=O) groups excluding carboxylic acids is 1. The second-order valence-corrected chi connectivity index (χ2v) is 6.41. The normalized spacial score (nSPS) is 15.8. The predicted molar refractivity (Wildman–Crippen MR) is 92.2 cm³/mol. The van der Waals surface area contributed by atoms with Crippen LogP contribution < -0.4 is 10.2 Å². The van der Waals surface area contributed by atoms with Gasteiger partial charge >= 0.3 is 0 Å². The van der Waals surface area contributed by atoms with Crippen molar-refractivity contribution in [3.8, 4) is 0 Å². The van der Waals surface area contributed by atoms with E-state index in [1.165, 1.54) is 0 Å². The van der Waals surface area contributed by atoms with Gasteiger partial charge in [0.1, 0.15) is 18.0 Å². The van der Waals surface area contributed by atoms with Gasteiger partial charge in [-0.15, -0.1) is 10.2 Å². The van der Waals surface area contributed by atoms with Crippen LogP contribution in [-0.4, -0.2) is 45.8 Å². The molecule has 7 heteroatoms. The zero-order valence-electron chi connectivity index (χ0n) is 14.4. The molecule has 0 bridgehead atoms. The Bertz CT molecular complexity index is 703. The average Bonchev–Trinajstić information content (AvgIpc) is 3.11. The molecule has 0 spiro atoms. The van der Waals surface area contributed by atoms with Crippen molar-refractivity contribution in [2.24, 2.45) is 0 Å². The molecule has 1 fully saturated rings. The molecule has 1 saturated heterocycles. The summed E-state index contributed by atoms with van der Waals surface area (Å²) in [4.78, 5) is 18.7. The molecule has 0 aliphatic carbocycles. The molecule has 2 aromatic heterocycles. The Morgan fingerprint density at radius 1 is 1.33 bits per heavy atom. The summed E-state index contributed by atoms with van der Waals surface area (Å²) >= 11 is 0. The van der Waals surface area contributed by atoms with Crippen LogP contribution in [0.1, 0.15) is 54.8 Å². The minimum absolute atomic E-state index is 0.0974. The molecule has 1 aliphatic rings. The molecular formula is C17H24N6O. The van der Waals surface area contributed by atoms with E-state index in [4.69, 9.17) is 0 Å². The first kappa shape index (κ1) is 16.4. The highest BCUT2D eigenvalue weighted by molar-refractivity contribution is 5.98. The first-order chi connectivity index (χ1) is 11.6. The van der Waals surface area contributed by atoms with E-state index < -0.39 is 0 Å². The third-order valence-electron chi connectivity index (χ3n) is 4.58. The number of aromatic nitrogens is 4. The van der Waals surface area contributed by atoms with E-state index >= 15 is 0 Å². The largest absolute Gasteiger partial charge is 0.356 e. The minimum Gasteiger partial charge on any atom is -0.356 e. The van der Waals surface area contributed by atoms with Gasteiger partial charge in [0.25, 0.3) is 5.91 Å². The van der Waals surface area contributed by atoms with E-state index in [9.17, 15) is 4.79 Å². The van der Waals surface area contributed by atoms with Gasteiger partial charge in [-0.2, -0.15) is 0 Å². The molecular weight excluding hydrogens is 304 g/mol. The van der Waals surface area contributed by atoms with Gasteiger partial charge in [0.05, 0.1) is 5.56 Å². The number of carbonyl (C=O) groups is 1. The van der Waals surface area contributed by atoms with E-state index in [0.29, 0.717) is 17.5 Å². The van der Waals surface area contributed by atoms with Crippen molar-refractivity contribution in [2.45, 2.75) is 38.6 Å². The molecule has 0 radical (unpaired) electrons. The predicted octanol–water partition coefficient (Wildman–Crippen LogP) is 2.00. The van der Waals surface area contributed by atoms with Gasteiger partial charge in [-0.1, -0.05) is 0 Å². The van der Waals surface area contributed by atoms with Crippen LogP contribution in [0.4, 0.5) is 5.82 Å². The summed E-state index contributed by atoms with van der Waals surface area (Å²) in [6.07, 6.45) is 5.52. The lowest BCUT2D eigenvalue weighted by molar-refractivity contribution is 0.0963. The number of anilines is 1. The van der Waals surface area contributed by atoms with Crippen molar-refractivity contribution in [3.63, 3.8) is 0 Å². The quantitative estimate of drug-likeness (QED) is 0.929. The van der Waals surface area contributed by atoms with E-state index in [1.54, 1.807) is 19.3 Å². The Morgan fingerprint density at radius 3 is 2.75 bits per heavy atom. The molecule has 128 valence electrons. The van der Waals surface area contributed by atoms with Gasteiger partial charge in [-0.3, -0.25) is 4.79 Å². The van der Waals surface area contributed by atoms with Crippen LogP contribution in [0.2, 0.25) is 0 Å². The molecule has 3 rings (SSSR count). The smallest absolute Gasteiger partial charge is 0.254 e. The summed E-state index contributed by atoms with van der Waals surface area (Å²) in [5, 5.41) is 11.1. The highest BCUT2D eigenvalue weighted by atomic mass is 16.1. The molecule has 0 unspecified atom stereocenters. The molecule has 1 aliphatic heterocycles. The summed E-state index contributed by atoms with van der Waals surface area (Å²) in [6, 6.07) is 3.98. The summed E-state index contributed by atoms with van der Waals surface area (Å²) in [7, 11) is 1.64. The summed E-state index contributed by atoms with van der Waals surface area (Å²) < 4.78 is 2.15. The molecule has 24 heavy (non-hydrogen) atoms. The maximum absolute atomic E-state index is 12.0. The topological polar surface area (TPSA) is 75.9 Å². The van der Waals surface area contributed by atoms with Gasteiger partial charge < -0.3 is 14.8 Å². The first-order valence-corrected chi connectivity index (χ1v) is 8.43. The average molecular weight is 328 g/mol. The third kappa shape index (κ3) is 3.11. The monoisotopic (exact) mass is 328 g/mol. The van der Waals surface area contributed by atoms with Gasteiger partial charge in [-0.05, 0) is 38.8 Å². The summed E-state index contributed by atoms with van der Waals surface area (Å²) in [5.74, 6) is 2.14. The van der Waals surface area contributed by atoms with Crippen LogP contribution in [0.15, 0.2) is 24.7 Å². The summed E-state index contributed by atoms with van der Waals surface area (Å²) in [6.45, 7) is 6.00. The van der Waals surface area contributed by atoms with Crippen molar-refractivity contribution >= 4 is 11.7 Å². The molecule has 1 N–H and O–H groups in total. The van der Waals surface area contributed by atoms with Crippen LogP contribution in [0, 0.1) is 0 Å². The van der Waals surface area contributed by atoms with Gasteiger partial charge in [0.2, 0.25) is 0 Å². The Labute approximate surface area is 142 Å². The van der Waals surface area contributed by atoms with Crippen LogP contribution in [0.25, 0.3) is 0 Å². The van der Waals surface area contributed by atoms with Crippen LogP contribution in [0.3, 0.4) is 0 Å². The van der Waals surface area contributed by atoms with Crippen LogP contribution >= 0.6 is 0 Å². The van der Waals surface area contributed by atoms with E-state index in [-0.39, 0.29) is 5.91 Å². The maximum atomic E-state index is 12.0. The van der Waals surface area contributed by atoms with E-state index in [2.05, 4.69) is 43.8 Å². The Balaban J connectivity index is 1.74. The van der Waals surface area contributed by atoms with Gasteiger partial charge in [0.15, 0.2) is 0 Å². The minimum atomic E-state index is -0.0974. The SMILES string of the molecule is CNC(=O)c1cccnc1N1CCC(c2nncn2C(C)C)CC1. The Kier molecular flexibility index (Phi) is 4.78. The molecule has 7 nitrogen and oxygen atoms in total. The number of nitrogens with zero attached hydrogens (tertiary/aromatic N) is 5.